The second-order valence-electron chi connectivity index (χ2n) is 4.23. The molecule has 1 aromatic carbocycles. The van der Waals surface area contributed by atoms with Crippen LogP contribution >= 0.6 is 0 Å². The number of carbonyl (C=O) groups is 1. The summed E-state index contributed by atoms with van der Waals surface area (Å²) in [6, 6.07) is 5.53. The summed E-state index contributed by atoms with van der Waals surface area (Å²) in [6.45, 7) is 1.78. The molecule has 0 aliphatic heterocycles. The molecule has 3 nitrogen and oxygen atoms in total. The second-order valence-corrected chi connectivity index (χ2v) is 4.23. The summed E-state index contributed by atoms with van der Waals surface area (Å²) in [5, 5.41) is 0. The highest BCUT2D eigenvalue weighted by Crippen LogP contribution is 2.21. The van der Waals surface area contributed by atoms with E-state index in [0.717, 1.165) is 4.90 Å². The average Bonchev–Trinajstić information content (AvgIpc) is 2.24. The number of alkyl halides is 3. The highest BCUT2D eigenvalue weighted by molar-refractivity contribution is 5.99. The molecule has 0 aliphatic rings. The van der Waals surface area contributed by atoms with Crippen LogP contribution in [0.15, 0.2) is 24.3 Å². The van der Waals surface area contributed by atoms with Crippen molar-refractivity contribution in [3.05, 3.63) is 29.8 Å². The topological polar surface area (TPSA) is 46.3 Å². The molecule has 0 unspecified atom stereocenters. The molecule has 0 radical (unpaired) electrons. The van der Waals surface area contributed by atoms with Crippen molar-refractivity contribution in [1.82, 2.24) is 4.90 Å². The largest absolute Gasteiger partial charge is 0.406 e. The molecule has 0 aliphatic carbocycles. The van der Waals surface area contributed by atoms with Crippen molar-refractivity contribution < 1.29 is 18.0 Å². The number of anilines is 1. The zero-order chi connectivity index (χ0) is 13.9. The molecule has 0 saturated carbocycles. The highest BCUT2D eigenvalue weighted by atomic mass is 19.4. The molecule has 2 N–H and O–H groups in total. The van der Waals surface area contributed by atoms with Gasteiger partial charge in [-0.25, -0.2) is 0 Å². The molecular formula is C12H15F3N2O. The number of nitrogen functional groups attached to an aromatic ring is 1. The van der Waals surface area contributed by atoms with E-state index in [-0.39, 0.29) is 11.3 Å². The lowest BCUT2D eigenvalue weighted by atomic mass is 10.1. The summed E-state index contributed by atoms with van der Waals surface area (Å²) in [4.78, 5) is 12.8. The van der Waals surface area contributed by atoms with Crippen molar-refractivity contribution in [2.24, 2.45) is 0 Å². The lowest BCUT2D eigenvalue weighted by Gasteiger charge is -2.28. The average molecular weight is 260 g/mol. The standard InChI is InChI=1S/C12H15F3N2O/c1-8(2)17(7-12(13,14)15)11(18)9-5-3-4-6-10(9)16/h3-6,8H,7,16H2,1-2H3. The maximum absolute atomic E-state index is 12.4. The fraction of sp³-hybridized carbons (Fsp3) is 0.417. The number of benzene rings is 1. The fourth-order valence-corrected chi connectivity index (χ4v) is 1.53. The van der Waals surface area contributed by atoms with Gasteiger partial charge >= 0.3 is 6.18 Å². The lowest BCUT2D eigenvalue weighted by Crippen LogP contribution is -2.43. The fourth-order valence-electron chi connectivity index (χ4n) is 1.53. The first kappa shape index (κ1) is 14.3. The van der Waals surface area contributed by atoms with Crippen LogP contribution in [-0.2, 0) is 0 Å². The van der Waals surface area contributed by atoms with Crippen molar-refractivity contribution >= 4 is 11.6 Å². The summed E-state index contributed by atoms with van der Waals surface area (Å²) in [6.07, 6.45) is -4.43. The number of nitrogens with two attached hydrogens (primary N) is 1. The van der Waals surface area contributed by atoms with E-state index in [1.165, 1.54) is 26.0 Å². The molecule has 1 aromatic rings. The minimum absolute atomic E-state index is 0.0930. The van der Waals surface area contributed by atoms with Gasteiger partial charge < -0.3 is 10.6 Å². The molecule has 1 rings (SSSR count). The molecule has 0 saturated heterocycles. The molecule has 100 valence electrons. The normalized spacial score (nSPS) is 11.7. The van der Waals surface area contributed by atoms with Gasteiger partial charge in [0.05, 0.1) is 5.56 Å². The Hall–Kier alpha value is -1.72. The predicted octanol–water partition coefficient (Wildman–Crippen LogP) is 2.68. The summed E-state index contributed by atoms with van der Waals surface area (Å²) in [7, 11) is 0. The Morgan fingerprint density at radius 2 is 1.89 bits per heavy atom. The van der Waals surface area contributed by atoms with E-state index < -0.39 is 24.7 Å². The van der Waals surface area contributed by atoms with Gasteiger partial charge in [0, 0.05) is 11.7 Å². The number of rotatable bonds is 3. The van der Waals surface area contributed by atoms with Gasteiger partial charge in [-0.3, -0.25) is 4.79 Å². The minimum atomic E-state index is -4.43. The smallest absolute Gasteiger partial charge is 0.398 e. The first-order chi connectivity index (χ1) is 8.22. The third-order valence-corrected chi connectivity index (χ3v) is 2.43. The van der Waals surface area contributed by atoms with Gasteiger partial charge in [-0.05, 0) is 26.0 Å². The number of nitrogens with zero attached hydrogens (tertiary/aromatic N) is 1. The Kier molecular flexibility index (Phi) is 4.21. The van der Waals surface area contributed by atoms with Gasteiger partial charge in [0.25, 0.3) is 5.91 Å². The van der Waals surface area contributed by atoms with Gasteiger partial charge in [-0.15, -0.1) is 0 Å². The van der Waals surface area contributed by atoms with E-state index in [1.807, 2.05) is 0 Å². The molecule has 0 bridgehead atoms. The summed E-state index contributed by atoms with van der Waals surface area (Å²) in [5.74, 6) is -0.708. The maximum atomic E-state index is 12.4. The van der Waals surface area contributed by atoms with Crippen LogP contribution in [0.5, 0.6) is 0 Å². The van der Waals surface area contributed by atoms with Gasteiger partial charge in [-0.1, -0.05) is 12.1 Å². The van der Waals surface area contributed by atoms with Crippen LogP contribution in [0.3, 0.4) is 0 Å². The number of hydrogen-bond donors (Lipinski definition) is 1. The van der Waals surface area contributed by atoms with E-state index >= 15 is 0 Å². The van der Waals surface area contributed by atoms with Crippen molar-refractivity contribution in [1.29, 1.82) is 0 Å². The van der Waals surface area contributed by atoms with Gasteiger partial charge in [0.1, 0.15) is 6.54 Å². The number of para-hydroxylation sites is 1. The first-order valence-corrected chi connectivity index (χ1v) is 5.44. The molecule has 0 aromatic heterocycles. The minimum Gasteiger partial charge on any atom is -0.398 e. The van der Waals surface area contributed by atoms with Crippen LogP contribution in [0.2, 0.25) is 0 Å². The monoisotopic (exact) mass is 260 g/mol. The van der Waals surface area contributed by atoms with E-state index in [2.05, 4.69) is 0 Å². The highest BCUT2D eigenvalue weighted by Gasteiger charge is 2.34. The molecule has 6 heteroatoms. The zero-order valence-corrected chi connectivity index (χ0v) is 10.2. The lowest BCUT2D eigenvalue weighted by molar-refractivity contribution is -0.143. The van der Waals surface area contributed by atoms with Crippen molar-refractivity contribution in [3.63, 3.8) is 0 Å². The SMILES string of the molecule is CC(C)N(CC(F)(F)F)C(=O)c1ccccc1N. The number of halogens is 3. The third-order valence-electron chi connectivity index (χ3n) is 2.43. The van der Waals surface area contributed by atoms with Gasteiger partial charge in [0.15, 0.2) is 0 Å². The van der Waals surface area contributed by atoms with Crippen LogP contribution < -0.4 is 5.73 Å². The Morgan fingerprint density at radius 1 is 1.33 bits per heavy atom. The summed E-state index contributed by atoms with van der Waals surface area (Å²) < 4.78 is 37.3. The van der Waals surface area contributed by atoms with Crippen LogP contribution in [-0.4, -0.2) is 29.6 Å². The molecule has 0 atom stereocenters. The number of amides is 1. The Morgan fingerprint density at radius 3 is 2.33 bits per heavy atom. The van der Waals surface area contributed by atoms with E-state index in [4.69, 9.17) is 5.73 Å². The Bertz CT molecular complexity index is 430. The maximum Gasteiger partial charge on any atom is 0.406 e. The quantitative estimate of drug-likeness (QED) is 0.849. The van der Waals surface area contributed by atoms with Crippen LogP contribution in [0.25, 0.3) is 0 Å². The second kappa shape index (κ2) is 5.29. The first-order valence-electron chi connectivity index (χ1n) is 5.44. The molecule has 0 spiro atoms. The molecule has 1 amide bonds. The van der Waals surface area contributed by atoms with Crippen LogP contribution in [0.1, 0.15) is 24.2 Å². The number of carbonyl (C=O) groups excluding carboxylic acids is 1. The summed E-state index contributed by atoms with van der Waals surface area (Å²) in [5.41, 5.74) is 5.86. The van der Waals surface area contributed by atoms with Crippen molar-refractivity contribution in [2.75, 3.05) is 12.3 Å². The summed E-state index contributed by atoms with van der Waals surface area (Å²) >= 11 is 0. The molecular weight excluding hydrogens is 245 g/mol. The van der Waals surface area contributed by atoms with E-state index in [9.17, 15) is 18.0 Å². The van der Waals surface area contributed by atoms with Gasteiger partial charge in [-0.2, -0.15) is 13.2 Å². The van der Waals surface area contributed by atoms with E-state index in [0.29, 0.717) is 0 Å². The molecule has 0 fully saturated rings. The van der Waals surface area contributed by atoms with Gasteiger partial charge in [0.2, 0.25) is 0 Å². The molecule has 0 heterocycles. The third kappa shape index (κ3) is 3.65. The van der Waals surface area contributed by atoms with Crippen molar-refractivity contribution in [2.45, 2.75) is 26.1 Å². The zero-order valence-electron chi connectivity index (χ0n) is 10.2. The molecule has 18 heavy (non-hydrogen) atoms. The predicted molar refractivity (Wildman–Crippen MR) is 63.1 cm³/mol. The Balaban J connectivity index is 3.01. The van der Waals surface area contributed by atoms with Crippen LogP contribution in [0.4, 0.5) is 18.9 Å². The van der Waals surface area contributed by atoms with Crippen LogP contribution in [0, 0.1) is 0 Å². The Labute approximate surface area is 103 Å². The van der Waals surface area contributed by atoms with Crippen molar-refractivity contribution in [3.8, 4) is 0 Å². The van der Waals surface area contributed by atoms with E-state index in [1.54, 1.807) is 12.1 Å². The number of hydrogen-bond acceptors (Lipinski definition) is 2.